The second-order valence-electron chi connectivity index (χ2n) is 7.93. The van der Waals surface area contributed by atoms with Crippen LogP contribution in [0.2, 0.25) is 5.02 Å². The number of nitriles is 1. The van der Waals surface area contributed by atoms with Gasteiger partial charge >= 0.3 is 0 Å². The van der Waals surface area contributed by atoms with Crippen LogP contribution in [-0.2, 0) is 4.79 Å². The summed E-state index contributed by atoms with van der Waals surface area (Å²) >= 11 is 7.30. The highest BCUT2D eigenvalue weighted by molar-refractivity contribution is 8.00. The minimum Gasteiger partial charge on any atom is -0.494 e. The fourth-order valence-electron chi connectivity index (χ4n) is 3.63. The summed E-state index contributed by atoms with van der Waals surface area (Å²) in [6.45, 7) is 4.32. The minimum absolute atomic E-state index is 0.208. The average molecular weight is 514 g/mol. The predicted molar refractivity (Wildman–Crippen MR) is 146 cm³/mol. The first-order valence-corrected chi connectivity index (χ1v) is 12.7. The Morgan fingerprint density at radius 1 is 1.06 bits per heavy atom. The first kappa shape index (κ1) is 25.3. The molecule has 1 unspecified atom stereocenters. The summed E-state index contributed by atoms with van der Waals surface area (Å²) in [6.07, 6.45) is 0. The lowest BCUT2D eigenvalue weighted by molar-refractivity contribution is -0.115. The Morgan fingerprint density at radius 3 is 2.47 bits per heavy atom. The topological polar surface area (TPSA) is 75.0 Å². The first-order valence-electron chi connectivity index (χ1n) is 11.5. The van der Waals surface area contributed by atoms with Crippen LogP contribution >= 0.6 is 23.4 Å². The molecule has 1 heterocycles. The lowest BCUT2D eigenvalue weighted by Gasteiger charge is -2.16. The van der Waals surface area contributed by atoms with Gasteiger partial charge in [-0.3, -0.25) is 4.79 Å². The summed E-state index contributed by atoms with van der Waals surface area (Å²) in [4.78, 5) is 17.8. The van der Waals surface area contributed by atoms with Crippen molar-refractivity contribution in [2.24, 2.45) is 0 Å². The second kappa shape index (κ2) is 11.8. The van der Waals surface area contributed by atoms with E-state index in [9.17, 15) is 10.1 Å². The number of nitrogens with one attached hydrogen (secondary N) is 1. The van der Waals surface area contributed by atoms with E-state index >= 15 is 0 Å². The number of thioether (sulfide) groups is 1. The van der Waals surface area contributed by atoms with E-state index in [1.165, 1.54) is 11.8 Å². The highest BCUT2D eigenvalue weighted by Crippen LogP contribution is 2.36. The van der Waals surface area contributed by atoms with Gasteiger partial charge in [-0.25, -0.2) is 4.98 Å². The van der Waals surface area contributed by atoms with E-state index < -0.39 is 5.25 Å². The number of aromatic nitrogens is 1. The number of rotatable bonds is 8. The van der Waals surface area contributed by atoms with Gasteiger partial charge in [-0.15, -0.1) is 0 Å². The standard InChI is InChI=1S/C29H24ClN3O2S/c1-3-35-24-14-12-21(13-15-24)27-17-25(20-8-5-4-6-9-20)26(18-31)29(33-27)36-19(2)28(34)32-23-11-7-10-22(30)16-23/h4-17,19H,3H2,1-2H3,(H,32,34). The summed E-state index contributed by atoms with van der Waals surface area (Å²) < 4.78 is 5.56. The third kappa shape index (κ3) is 6.06. The molecule has 0 fully saturated rings. The van der Waals surface area contributed by atoms with Crippen molar-refractivity contribution in [3.05, 3.63) is 95.5 Å². The zero-order valence-electron chi connectivity index (χ0n) is 19.9. The van der Waals surface area contributed by atoms with Gasteiger partial charge < -0.3 is 10.1 Å². The number of pyridine rings is 1. The van der Waals surface area contributed by atoms with E-state index in [-0.39, 0.29) is 5.91 Å². The van der Waals surface area contributed by atoms with Gasteiger partial charge in [0.2, 0.25) is 5.91 Å². The summed E-state index contributed by atoms with van der Waals surface area (Å²) in [5.41, 5.74) is 4.31. The highest BCUT2D eigenvalue weighted by Gasteiger charge is 2.21. The number of amides is 1. The number of hydrogen-bond acceptors (Lipinski definition) is 5. The van der Waals surface area contributed by atoms with Crippen LogP contribution < -0.4 is 10.1 Å². The zero-order chi connectivity index (χ0) is 25.5. The molecule has 1 N–H and O–H groups in total. The number of carbonyl (C=O) groups is 1. The zero-order valence-corrected chi connectivity index (χ0v) is 21.4. The van der Waals surface area contributed by atoms with Gasteiger partial charge in [0.05, 0.1) is 23.1 Å². The van der Waals surface area contributed by atoms with Crippen LogP contribution in [0.25, 0.3) is 22.4 Å². The van der Waals surface area contributed by atoms with Crippen molar-refractivity contribution in [3.8, 4) is 34.2 Å². The van der Waals surface area contributed by atoms with E-state index in [0.717, 1.165) is 22.4 Å². The third-order valence-corrected chi connectivity index (χ3v) is 6.72. The Bertz CT molecular complexity index is 1400. The summed E-state index contributed by atoms with van der Waals surface area (Å²) in [5.74, 6) is 0.569. The molecule has 4 rings (SSSR count). The molecular formula is C29H24ClN3O2S. The predicted octanol–water partition coefficient (Wildman–Crippen LogP) is 7.46. The van der Waals surface area contributed by atoms with Crippen molar-refractivity contribution >= 4 is 35.0 Å². The van der Waals surface area contributed by atoms with Gasteiger partial charge in [-0.2, -0.15) is 5.26 Å². The number of nitrogens with zero attached hydrogens (tertiary/aromatic N) is 2. The lowest BCUT2D eigenvalue weighted by Crippen LogP contribution is -2.22. The molecule has 4 aromatic rings. The van der Waals surface area contributed by atoms with Crippen LogP contribution in [0, 0.1) is 11.3 Å². The van der Waals surface area contributed by atoms with Gasteiger partial charge in [-0.1, -0.05) is 59.8 Å². The molecule has 1 amide bonds. The first-order chi connectivity index (χ1) is 17.5. The van der Waals surface area contributed by atoms with Crippen molar-refractivity contribution in [1.29, 1.82) is 5.26 Å². The number of benzene rings is 3. The lowest BCUT2D eigenvalue weighted by atomic mass is 9.99. The third-order valence-electron chi connectivity index (χ3n) is 5.39. The van der Waals surface area contributed by atoms with Crippen molar-refractivity contribution < 1.29 is 9.53 Å². The van der Waals surface area contributed by atoms with Gasteiger partial charge in [0.15, 0.2) is 0 Å². The Morgan fingerprint density at radius 2 is 1.81 bits per heavy atom. The molecule has 1 atom stereocenters. The maximum Gasteiger partial charge on any atom is 0.237 e. The fourth-order valence-corrected chi connectivity index (χ4v) is 4.74. The molecule has 3 aromatic carbocycles. The molecule has 0 saturated heterocycles. The van der Waals surface area contributed by atoms with Crippen LogP contribution in [0.5, 0.6) is 5.75 Å². The SMILES string of the molecule is CCOc1ccc(-c2cc(-c3ccccc3)c(C#N)c(SC(C)C(=O)Nc3cccc(Cl)c3)n2)cc1. The van der Waals surface area contributed by atoms with Crippen LogP contribution in [0.4, 0.5) is 5.69 Å². The van der Waals surface area contributed by atoms with Crippen molar-refractivity contribution in [1.82, 2.24) is 4.98 Å². The van der Waals surface area contributed by atoms with Gasteiger partial charge in [0, 0.05) is 21.8 Å². The molecule has 0 aliphatic carbocycles. The molecule has 0 aliphatic rings. The maximum atomic E-state index is 12.9. The van der Waals surface area contributed by atoms with Gasteiger partial charge in [-0.05, 0) is 67.9 Å². The van der Waals surface area contributed by atoms with Crippen LogP contribution in [0.1, 0.15) is 19.4 Å². The maximum absolute atomic E-state index is 12.9. The van der Waals surface area contributed by atoms with Gasteiger partial charge in [0.1, 0.15) is 16.8 Å². The Kier molecular flexibility index (Phi) is 8.27. The molecule has 0 aliphatic heterocycles. The Hall–Kier alpha value is -3.79. The minimum atomic E-state index is -0.511. The van der Waals surface area contributed by atoms with Crippen LogP contribution in [-0.4, -0.2) is 22.7 Å². The molecule has 0 spiro atoms. The number of ether oxygens (including phenoxy) is 1. The molecule has 5 nitrogen and oxygen atoms in total. The van der Waals surface area contributed by atoms with Gasteiger partial charge in [0.25, 0.3) is 0 Å². The number of anilines is 1. The number of hydrogen-bond donors (Lipinski definition) is 1. The Labute approximate surface area is 220 Å². The molecule has 36 heavy (non-hydrogen) atoms. The fraction of sp³-hybridized carbons (Fsp3) is 0.138. The van der Waals surface area contributed by atoms with Crippen molar-refractivity contribution in [2.75, 3.05) is 11.9 Å². The van der Waals surface area contributed by atoms with E-state index in [0.29, 0.717) is 33.6 Å². The average Bonchev–Trinajstić information content (AvgIpc) is 2.89. The monoisotopic (exact) mass is 513 g/mol. The molecule has 7 heteroatoms. The summed E-state index contributed by atoms with van der Waals surface area (Å²) in [5, 5.41) is 13.5. The second-order valence-corrected chi connectivity index (χ2v) is 9.70. The molecule has 0 saturated carbocycles. The van der Waals surface area contributed by atoms with E-state index in [1.807, 2.05) is 67.6 Å². The van der Waals surface area contributed by atoms with E-state index in [4.69, 9.17) is 21.3 Å². The number of carbonyl (C=O) groups excluding carboxylic acids is 1. The normalized spacial score (nSPS) is 11.4. The Balaban J connectivity index is 1.71. The number of halogens is 1. The van der Waals surface area contributed by atoms with E-state index in [1.54, 1.807) is 31.2 Å². The van der Waals surface area contributed by atoms with Crippen molar-refractivity contribution in [2.45, 2.75) is 24.1 Å². The quantitative estimate of drug-likeness (QED) is 0.247. The molecule has 0 bridgehead atoms. The molecule has 180 valence electrons. The molecule has 1 aromatic heterocycles. The largest absolute Gasteiger partial charge is 0.494 e. The summed E-state index contributed by atoms with van der Waals surface area (Å²) in [6, 6.07) is 28.6. The van der Waals surface area contributed by atoms with Crippen LogP contribution in [0.15, 0.2) is 90.0 Å². The summed E-state index contributed by atoms with van der Waals surface area (Å²) in [7, 11) is 0. The molecule has 0 radical (unpaired) electrons. The molecular weight excluding hydrogens is 490 g/mol. The smallest absolute Gasteiger partial charge is 0.237 e. The van der Waals surface area contributed by atoms with Crippen molar-refractivity contribution in [3.63, 3.8) is 0 Å². The highest BCUT2D eigenvalue weighted by atomic mass is 35.5. The van der Waals surface area contributed by atoms with E-state index in [2.05, 4.69) is 11.4 Å². The van der Waals surface area contributed by atoms with Crippen LogP contribution in [0.3, 0.4) is 0 Å².